The summed E-state index contributed by atoms with van der Waals surface area (Å²) in [6.07, 6.45) is 15.7. The molecule has 0 aromatic carbocycles. The molecular weight excluding hydrogens is 248 g/mol. The minimum absolute atomic E-state index is 0.257. The van der Waals surface area contributed by atoms with E-state index in [0.29, 0.717) is 12.6 Å². The standard InChI is InChI=1S/C17H32N2O/c18-14-17(12-8-4-5-9-13-17)16(20)19-15-10-6-2-1-3-7-11-15/h15H,1-14,18H2,(H,19,20). The number of nitrogens with two attached hydrogens (primary N) is 1. The summed E-state index contributed by atoms with van der Waals surface area (Å²) < 4.78 is 0. The Labute approximate surface area is 124 Å². The Balaban J connectivity index is 1.93. The van der Waals surface area contributed by atoms with Crippen molar-refractivity contribution in [3.8, 4) is 0 Å². The van der Waals surface area contributed by atoms with Crippen molar-refractivity contribution in [1.29, 1.82) is 0 Å². The molecule has 0 aromatic rings. The molecule has 0 unspecified atom stereocenters. The predicted octanol–water partition coefficient (Wildman–Crippen LogP) is 3.51. The first-order valence-electron chi connectivity index (χ1n) is 8.78. The van der Waals surface area contributed by atoms with Crippen molar-refractivity contribution in [2.45, 2.75) is 89.5 Å². The van der Waals surface area contributed by atoms with Gasteiger partial charge in [-0.1, -0.05) is 57.8 Å². The Morgan fingerprint density at radius 1 is 0.900 bits per heavy atom. The first-order valence-corrected chi connectivity index (χ1v) is 8.78. The molecule has 2 rings (SSSR count). The van der Waals surface area contributed by atoms with E-state index >= 15 is 0 Å². The van der Waals surface area contributed by atoms with Gasteiger partial charge in [0.05, 0.1) is 5.41 Å². The molecule has 2 fully saturated rings. The SMILES string of the molecule is NCC1(C(=O)NC2CCCCCCC2)CCCCCC1. The number of carbonyl (C=O) groups is 1. The van der Waals surface area contributed by atoms with Gasteiger partial charge >= 0.3 is 0 Å². The van der Waals surface area contributed by atoms with E-state index in [1.165, 1.54) is 44.9 Å². The zero-order chi connectivity index (χ0) is 14.3. The summed E-state index contributed by atoms with van der Waals surface area (Å²) in [5.41, 5.74) is 5.74. The van der Waals surface area contributed by atoms with Gasteiger partial charge in [-0.25, -0.2) is 0 Å². The lowest BCUT2D eigenvalue weighted by Crippen LogP contribution is -2.49. The summed E-state index contributed by atoms with van der Waals surface area (Å²) in [7, 11) is 0. The molecule has 0 radical (unpaired) electrons. The molecule has 3 nitrogen and oxygen atoms in total. The van der Waals surface area contributed by atoms with E-state index in [-0.39, 0.29) is 11.3 Å². The molecule has 116 valence electrons. The van der Waals surface area contributed by atoms with Crippen LogP contribution < -0.4 is 11.1 Å². The third kappa shape index (κ3) is 4.21. The molecule has 2 aliphatic rings. The lowest BCUT2D eigenvalue weighted by atomic mass is 9.79. The van der Waals surface area contributed by atoms with Crippen molar-refractivity contribution >= 4 is 5.91 Å². The van der Waals surface area contributed by atoms with Crippen molar-refractivity contribution in [2.24, 2.45) is 11.1 Å². The minimum Gasteiger partial charge on any atom is -0.353 e. The molecule has 0 spiro atoms. The number of nitrogens with one attached hydrogen (secondary N) is 1. The fourth-order valence-electron chi connectivity index (χ4n) is 3.87. The highest BCUT2D eigenvalue weighted by Crippen LogP contribution is 2.34. The third-order valence-electron chi connectivity index (χ3n) is 5.37. The molecule has 0 aromatic heterocycles. The molecule has 1 amide bonds. The van der Waals surface area contributed by atoms with Gasteiger partial charge in [0.25, 0.3) is 0 Å². The van der Waals surface area contributed by atoms with Crippen molar-refractivity contribution in [3.63, 3.8) is 0 Å². The van der Waals surface area contributed by atoms with Gasteiger partial charge < -0.3 is 11.1 Å². The van der Waals surface area contributed by atoms with E-state index in [4.69, 9.17) is 5.73 Å². The van der Waals surface area contributed by atoms with Gasteiger partial charge in [-0.3, -0.25) is 4.79 Å². The maximum Gasteiger partial charge on any atom is 0.227 e. The molecule has 2 saturated carbocycles. The minimum atomic E-state index is -0.265. The van der Waals surface area contributed by atoms with Gasteiger partial charge in [0, 0.05) is 12.6 Å². The van der Waals surface area contributed by atoms with E-state index in [0.717, 1.165) is 38.5 Å². The maximum atomic E-state index is 12.8. The second-order valence-corrected chi connectivity index (χ2v) is 6.91. The Bertz CT molecular complexity index is 287. The van der Waals surface area contributed by atoms with Gasteiger partial charge in [0.2, 0.25) is 5.91 Å². The average Bonchev–Trinajstić information content (AvgIpc) is 2.68. The summed E-state index contributed by atoms with van der Waals surface area (Å²) in [5, 5.41) is 3.36. The van der Waals surface area contributed by atoms with E-state index in [9.17, 15) is 4.79 Å². The monoisotopic (exact) mass is 280 g/mol. The van der Waals surface area contributed by atoms with Crippen molar-refractivity contribution in [3.05, 3.63) is 0 Å². The van der Waals surface area contributed by atoms with Gasteiger partial charge in [0.15, 0.2) is 0 Å². The molecule has 0 heterocycles. The first kappa shape index (κ1) is 15.8. The van der Waals surface area contributed by atoms with Crippen molar-refractivity contribution in [2.75, 3.05) is 6.54 Å². The van der Waals surface area contributed by atoms with Crippen LogP contribution in [0.2, 0.25) is 0 Å². The predicted molar refractivity (Wildman–Crippen MR) is 83.4 cm³/mol. The van der Waals surface area contributed by atoms with Crippen LogP contribution in [0.25, 0.3) is 0 Å². The fraction of sp³-hybridized carbons (Fsp3) is 0.941. The molecule has 0 aliphatic heterocycles. The number of hydrogen-bond acceptors (Lipinski definition) is 2. The van der Waals surface area contributed by atoms with Crippen LogP contribution in [-0.4, -0.2) is 18.5 Å². The molecular formula is C17H32N2O. The molecule has 3 heteroatoms. The molecule has 0 atom stereocenters. The topological polar surface area (TPSA) is 55.1 Å². The zero-order valence-corrected chi connectivity index (χ0v) is 13.0. The Hall–Kier alpha value is -0.570. The van der Waals surface area contributed by atoms with E-state index < -0.39 is 0 Å². The number of amides is 1. The van der Waals surface area contributed by atoms with Crippen LogP contribution >= 0.6 is 0 Å². The Kier molecular flexibility index (Phi) is 6.34. The largest absolute Gasteiger partial charge is 0.353 e. The van der Waals surface area contributed by atoms with E-state index in [1.54, 1.807) is 0 Å². The summed E-state index contributed by atoms with van der Waals surface area (Å²) >= 11 is 0. The summed E-state index contributed by atoms with van der Waals surface area (Å²) in [5.74, 6) is 0.257. The van der Waals surface area contributed by atoms with Crippen LogP contribution in [-0.2, 0) is 4.79 Å². The van der Waals surface area contributed by atoms with Crippen LogP contribution in [0.5, 0.6) is 0 Å². The van der Waals surface area contributed by atoms with Crippen LogP contribution in [0, 0.1) is 5.41 Å². The first-order chi connectivity index (χ1) is 9.77. The van der Waals surface area contributed by atoms with Crippen LogP contribution in [0.3, 0.4) is 0 Å². The molecule has 3 N–H and O–H groups in total. The van der Waals surface area contributed by atoms with Gasteiger partial charge in [0.1, 0.15) is 0 Å². The highest BCUT2D eigenvalue weighted by Gasteiger charge is 2.37. The van der Waals surface area contributed by atoms with Crippen molar-refractivity contribution in [1.82, 2.24) is 5.32 Å². The van der Waals surface area contributed by atoms with E-state index in [1.807, 2.05) is 0 Å². The summed E-state index contributed by atoms with van der Waals surface area (Å²) in [6.45, 7) is 0.519. The highest BCUT2D eigenvalue weighted by atomic mass is 16.2. The number of carbonyl (C=O) groups excluding carboxylic acids is 1. The normalized spacial score (nSPS) is 25.2. The smallest absolute Gasteiger partial charge is 0.227 e. The van der Waals surface area contributed by atoms with E-state index in [2.05, 4.69) is 5.32 Å². The second-order valence-electron chi connectivity index (χ2n) is 6.91. The molecule has 0 saturated heterocycles. The van der Waals surface area contributed by atoms with Crippen LogP contribution in [0.15, 0.2) is 0 Å². The summed E-state index contributed by atoms with van der Waals surface area (Å²) in [6, 6.07) is 0.398. The van der Waals surface area contributed by atoms with Crippen LogP contribution in [0.1, 0.15) is 83.5 Å². The van der Waals surface area contributed by atoms with Gasteiger partial charge in [-0.15, -0.1) is 0 Å². The lowest BCUT2D eigenvalue weighted by Gasteiger charge is -2.32. The Morgan fingerprint density at radius 3 is 1.95 bits per heavy atom. The second kappa shape index (κ2) is 8.02. The van der Waals surface area contributed by atoms with Gasteiger partial charge in [-0.05, 0) is 25.7 Å². The number of hydrogen-bond donors (Lipinski definition) is 2. The number of rotatable bonds is 3. The molecule has 20 heavy (non-hydrogen) atoms. The maximum absolute atomic E-state index is 12.8. The van der Waals surface area contributed by atoms with Crippen molar-refractivity contribution < 1.29 is 4.79 Å². The summed E-state index contributed by atoms with van der Waals surface area (Å²) in [4.78, 5) is 12.8. The average molecular weight is 280 g/mol. The third-order valence-corrected chi connectivity index (χ3v) is 5.37. The quantitative estimate of drug-likeness (QED) is 0.777. The highest BCUT2D eigenvalue weighted by molar-refractivity contribution is 5.83. The van der Waals surface area contributed by atoms with Gasteiger partial charge in [-0.2, -0.15) is 0 Å². The van der Waals surface area contributed by atoms with Crippen LogP contribution in [0.4, 0.5) is 0 Å². The fourth-order valence-corrected chi connectivity index (χ4v) is 3.87. The Morgan fingerprint density at radius 2 is 1.40 bits per heavy atom. The molecule has 0 bridgehead atoms. The molecule has 2 aliphatic carbocycles. The lowest BCUT2D eigenvalue weighted by molar-refractivity contribution is -0.132. The zero-order valence-electron chi connectivity index (χ0n) is 13.0.